The number of hydrogen-bond acceptors (Lipinski definition) is 6. The van der Waals surface area contributed by atoms with Crippen LogP contribution in [0.15, 0.2) is 27.4 Å². The van der Waals surface area contributed by atoms with E-state index in [1.807, 2.05) is 37.2 Å². The Morgan fingerprint density at radius 3 is 2.71 bits per heavy atom. The van der Waals surface area contributed by atoms with Gasteiger partial charge in [0.2, 0.25) is 5.13 Å². The van der Waals surface area contributed by atoms with Crippen LogP contribution in [0.1, 0.15) is 0 Å². The van der Waals surface area contributed by atoms with Gasteiger partial charge in [0.05, 0.1) is 0 Å². The third-order valence-electron chi connectivity index (χ3n) is 1.95. The second-order valence-electron chi connectivity index (χ2n) is 3.53. The van der Waals surface area contributed by atoms with Crippen molar-refractivity contribution in [1.29, 1.82) is 0 Å². The normalized spacial score (nSPS) is 10.5. The summed E-state index contributed by atoms with van der Waals surface area (Å²) >= 11 is 5.35. The second kappa shape index (κ2) is 5.40. The van der Waals surface area contributed by atoms with Gasteiger partial charge in [0.15, 0.2) is 4.34 Å². The molecular weight excluding hydrogens is 367 g/mol. The average molecular weight is 378 g/mol. The second-order valence-corrected chi connectivity index (χ2v) is 7.02. The number of nitrogens with two attached hydrogens (primary N) is 1. The number of nitrogens with zero attached hydrogens (tertiary/aromatic N) is 3. The third kappa shape index (κ3) is 3.23. The van der Waals surface area contributed by atoms with Gasteiger partial charge in [-0.25, -0.2) is 0 Å². The molecule has 2 N–H and O–H groups in total. The Kier molecular flexibility index (Phi) is 4.10. The largest absolute Gasteiger partial charge is 0.398 e. The summed E-state index contributed by atoms with van der Waals surface area (Å²) in [6.45, 7) is 0. The van der Waals surface area contributed by atoms with Crippen LogP contribution < -0.4 is 10.6 Å². The molecule has 4 nitrogen and oxygen atoms in total. The number of aromatic nitrogens is 2. The molecule has 0 saturated heterocycles. The van der Waals surface area contributed by atoms with Gasteiger partial charge < -0.3 is 10.6 Å². The maximum Gasteiger partial charge on any atom is 0.208 e. The summed E-state index contributed by atoms with van der Waals surface area (Å²) in [7, 11) is 3.91. The van der Waals surface area contributed by atoms with E-state index in [2.05, 4.69) is 32.8 Å². The Morgan fingerprint density at radius 2 is 2.12 bits per heavy atom. The van der Waals surface area contributed by atoms with Crippen LogP contribution in [0, 0.1) is 3.57 Å². The lowest BCUT2D eigenvalue weighted by Crippen LogP contribution is -2.07. The first-order valence-corrected chi connectivity index (χ1v) is 7.51. The van der Waals surface area contributed by atoms with E-state index in [-0.39, 0.29) is 0 Å². The fraction of sp³-hybridized carbons (Fsp3) is 0.200. The highest BCUT2D eigenvalue weighted by Crippen LogP contribution is 2.36. The van der Waals surface area contributed by atoms with Crippen LogP contribution in [0.2, 0.25) is 0 Å². The van der Waals surface area contributed by atoms with Gasteiger partial charge in [-0.05, 0) is 40.8 Å². The van der Waals surface area contributed by atoms with Crippen LogP contribution in [0.25, 0.3) is 0 Å². The molecule has 1 aromatic heterocycles. The van der Waals surface area contributed by atoms with Crippen LogP contribution in [0.5, 0.6) is 0 Å². The van der Waals surface area contributed by atoms with Gasteiger partial charge in [-0.2, -0.15) is 0 Å². The van der Waals surface area contributed by atoms with Crippen molar-refractivity contribution in [3.8, 4) is 0 Å². The summed E-state index contributed by atoms with van der Waals surface area (Å²) in [5.41, 5.74) is 6.74. The van der Waals surface area contributed by atoms with E-state index in [1.54, 1.807) is 23.1 Å². The molecule has 90 valence electrons. The Balaban J connectivity index is 2.19. The number of hydrogen-bond donors (Lipinski definition) is 1. The molecule has 0 aliphatic rings. The van der Waals surface area contributed by atoms with Gasteiger partial charge in [0.25, 0.3) is 0 Å². The number of rotatable bonds is 3. The van der Waals surface area contributed by atoms with E-state index in [0.29, 0.717) is 0 Å². The Hall–Kier alpha value is -0.540. The zero-order valence-corrected chi connectivity index (χ0v) is 13.1. The summed E-state index contributed by atoms with van der Waals surface area (Å²) in [6, 6.07) is 6.00. The Bertz CT molecular complexity index is 527. The number of nitrogen functional groups attached to an aromatic ring is 1. The highest BCUT2D eigenvalue weighted by atomic mass is 127. The molecule has 0 aliphatic carbocycles. The number of anilines is 2. The lowest BCUT2D eigenvalue weighted by Gasteiger charge is -2.04. The van der Waals surface area contributed by atoms with E-state index in [9.17, 15) is 0 Å². The van der Waals surface area contributed by atoms with Gasteiger partial charge in [-0.3, -0.25) is 0 Å². The smallest absolute Gasteiger partial charge is 0.208 e. The summed E-state index contributed by atoms with van der Waals surface area (Å²) in [4.78, 5) is 2.96. The van der Waals surface area contributed by atoms with Crippen molar-refractivity contribution in [1.82, 2.24) is 10.2 Å². The molecule has 2 aromatic rings. The lowest BCUT2D eigenvalue weighted by molar-refractivity contribution is 0.973. The van der Waals surface area contributed by atoms with Gasteiger partial charge in [-0.15, -0.1) is 10.2 Å². The van der Waals surface area contributed by atoms with E-state index >= 15 is 0 Å². The molecule has 1 aromatic carbocycles. The molecule has 0 saturated carbocycles. The van der Waals surface area contributed by atoms with Gasteiger partial charge >= 0.3 is 0 Å². The predicted molar refractivity (Wildman–Crippen MR) is 81.9 cm³/mol. The molecule has 7 heteroatoms. The molecule has 0 amide bonds. The molecule has 0 aliphatic heterocycles. The molecule has 0 bridgehead atoms. The quantitative estimate of drug-likeness (QED) is 0.658. The summed E-state index contributed by atoms with van der Waals surface area (Å²) < 4.78 is 2.04. The zero-order valence-electron chi connectivity index (χ0n) is 9.35. The minimum atomic E-state index is 0.781. The van der Waals surface area contributed by atoms with Crippen molar-refractivity contribution < 1.29 is 0 Å². The van der Waals surface area contributed by atoms with Crippen molar-refractivity contribution in [2.75, 3.05) is 24.7 Å². The van der Waals surface area contributed by atoms with E-state index < -0.39 is 0 Å². The molecule has 1 heterocycles. The fourth-order valence-electron chi connectivity index (χ4n) is 1.13. The standard InChI is InChI=1S/C10H11IN4S2/c1-15(2)9-13-14-10(17-9)16-8-4-3-6(11)5-7(8)12/h3-5H,12H2,1-2H3. The minimum absolute atomic E-state index is 0.781. The monoisotopic (exact) mass is 378 g/mol. The first-order chi connectivity index (χ1) is 8.06. The number of halogens is 1. The first-order valence-electron chi connectivity index (χ1n) is 4.80. The Morgan fingerprint density at radius 1 is 1.35 bits per heavy atom. The summed E-state index contributed by atoms with van der Waals surface area (Å²) in [5.74, 6) is 0. The maximum atomic E-state index is 5.96. The average Bonchev–Trinajstić information content (AvgIpc) is 2.71. The molecule has 0 spiro atoms. The predicted octanol–water partition coefficient (Wildman–Crippen LogP) is 2.94. The van der Waals surface area contributed by atoms with E-state index in [1.165, 1.54) is 0 Å². The highest BCUT2D eigenvalue weighted by molar-refractivity contribution is 14.1. The molecule has 0 unspecified atom stereocenters. The molecule has 0 radical (unpaired) electrons. The van der Waals surface area contributed by atoms with Crippen molar-refractivity contribution in [2.45, 2.75) is 9.24 Å². The third-order valence-corrected chi connectivity index (χ3v) is 4.85. The SMILES string of the molecule is CN(C)c1nnc(Sc2ccc(I)cc2N)s1. The van der Waals surface area contributed by atoms with Crippen molar-refractivity contribution in [3.63, 3.8) is 0 Å². The lowest BCUT2D eigenvalue weighted by atomic mass is 10.3. The summed E-state index contributed by atoms with van der Waals surface area (Å²) in [5, 5.41) is 9.12. The maximum absolute atomic E-state index is 5.96. The summed E-state index contributed by atoms with van der Waals surface area (Å²) in [6.07, 6.45) is 0. The van der Waals surface area contributed by atoms with E-state index in [0.717, 1.165) is 23.6 Å². The van der Waals surface area contributed by atoms with Crippen molar-refractivity contribution in [3.05, 3.63) is 21.8 Å². The topological polar surface area (TPSA) is 55.0 Å². The molecular formula is C10H11IN4S2. The molecule has 2 rings (SSSR count). The van der Waals surface area contributed by atoms with Gasteiger partial charge in [0, 0.05) is 28.2 Å². The van der Waals surface area contributed by atoms with Crippen LogP contribution in [0.3, 0.4) is 0 Å². The Labute approximate surface area is 122 Å². The van der Waals surface area contributed by atoms with Gasteiger partial charge in [-0.1, -0.05) is 23.1 Å². The van der Waals surface area contributed by atoms with E-state index in [4.69, 9.17) is 5.73 Å². The van der Waals surface area contributed by atoms with Crippen LogP contribution in [-0.4, -0.2) is 24.3 Å². The van der Waals surface area contributed by atoms with Crippen molar-refractivity contribution >= 4 is 56.5 Å². The van der Waals surface area contributed by atoms with Gasteiger partial charge in [0.1, 0.15) is 0 Å². The number of benzene rings is 1. The minimum Gasteiger partial charge on any atom is -0.398 e. The molecule has 17 heavy (non-hydrogen) atoms. The fourth-order valence-corrected chi connectivity index (χ4v) is 3.39. The van der Waals surface area contributed by atoms with Crippen molar-refractivity contribution in [2.24, 2.45) is 0 Å². The van der Waals surface area contributed by atoms with Crippen LogP contribution in [0.4, 0.5) is 10.8 Å². The molecule has 0 atom stereocenters. The van der Waals surface area contributed by atoms with Crippen LogP contribution in [-0.2, 0) is 0 Å². The first kappa shape index (κ1) is 12.9. The van der Waals surface area contributed by atoms with Crippen LogP contribution >= 0.6 is 45.7 Å². The zero-order chi connectivity index (χ0) is 12.4. The highest BCUT2D eigenvalue weighted by Gasteiger charge is 2.09. The molecule has 0 fully saturated rings.